The number of nitrogens with zero attached hydrogens (tertiary/aromatic N) is 5. The van der Waals surface area contributed by atoms with Crippen molar-refractivity contribution in [2.75, 3.05) is 33.8 Å². The van der Waals surface area contributed by atoms with Gasteiger partial charge in [0.05, 0.1) is 18.9 Å². The highest BCUT2D eigenvalue weighted by atomic mass is 32.2. The van der Waals surface area contributed by atoms with Crippen molar-refractivity contribution in [2.45, 2.75) is 93.9 Å². The number of aromatic nitrogens is 3. The molecule has 3 N–H and O–H groups in total. The molecule has 4 aliphatic rings. The number of fused-ring (bicyclic) bond motifs is 3. The normalized spacial score (nSPS) is 26.0. The van der Waals surface area contributed by atoms with Crippen LogP contribution in [0, 0.1) is 5.92 Å². The molecular weight excluding hydrogens is 757 g/mol. The molecule has 0 spiro atoms. The monoisotopic (exact) mass is 806 g/mol. The van der Waals surface area contributed by atoms with Crippen molar-refractivity contribution < 1.29 is 41.8 Å². The van der Waals surface area contributed by atoms with Crippen LogP contribution < -0.4 is 24.8 Å². The molecule has 1 aromatic carbocycles. The quantitative estimate of drug-likeness (QED) is 0.281. The lowest BCUT2D eigenvalue weighted by Crippen LogP contribution is -2.59. The number of methoxy groups -OCH3 is 1. The third-order valence-corrected chi connectivity index (χ3v) is 12.4. The van der Waals surface area contributed by atoms with Gasteiger partial charge >= 0.3 is 6.09 Å². The number of benzene rings is 1. The van der Waals surface area contributed by atoms with Crippen LogP contribution in [-0.2, 0) is 29.1 Å². The molecule has 57 heavy (non-hydrogen) atoms. The SMILES string of the molecule is COc1ccc2c(OC3C[C@H]4C(=O)N[C@]5(C(=O)NS(=O)(=O)C6CC6)C[C@H]5C=CCCCN(C)C[C@H](NC(=O)OC(C)(C)C)C(=O)N4C3)nc(-n3cccn3)cc2c1. The van der Waals surface area contributed by atoms with Crippen LogP contribution in [0.3, 0.4) is 0 Å². The number of amides is 4. The van der Waals surface area contributed by atoms with E-state index in [1.54, 1.807) is 57.1 Å². The first-order valence-corrected chi connectivity index (χ1v) is 20.8. The van der Waals surface area contributed by atoms with Gasteiger partial charge in [-0.15, -0.1) is 0 Å². The summed E-state index contributed by atoms with van der Waals surface area (Å²) in [5.74, 6) is -1.17. The van der Waals surface area contributed by atoms with Gasteiger partial charge in [-0.3, -0.25) is 19.1 Å². The zero-order valence-electron chi connectivity index (χ0n) is 32.8. The van der Waals surface area contributed by atoms with Crippen molar-refractivity contribution in [1.29, 1.82) is 0 Å². The van der Waals surface area contributed by atoms with Gasteiger partial charge in [0.2, 0.25) is 27.7 Å². The number of carbonyl (C=O) groups is 4. The molecule has 17 nitrogen and oxygen atoms in total. The van der Waals surface area contributed by atoms with Crippen LogP contribution >= 0.6 is 0 Å². The van der Waals surface area contributed by atoms with E-state index in [1.165, 1.54) is 4.90 Å². The maximum atomic E-state index is 14.7. The van der Waals surface area contributed by atoms with Gasteiger partial charge in [0, 0.05) is 36.7 Å². The molecular formula is C39H50N8O9S. The van der Waals surface area contributed by atoms with Gasteiger partial charge in [-0.25, -0.2) is 17.9 Å². The molecule has 18 heteroatoms. The Morgan fingerprint density at radius 2 is 1.89 bits per heavy atom. The number of likely N-dealkylation sites (N-methyl/N-ethyl adjacent to an activating group) is 1. The summed E-state index contributed by atoms with van der Waals surface area (Å²) >= 11 is 0. The lowest BCUT2D eigenvalue weighted by atomic mass is 10.1. The van der Waals surface area contributed by atoms with Crippen molar-refractivity contribution in [2.24, 2.45) is 5.92 Å². The predicted octanol–water partition coefficient (Wildman–Crippen LogP) is 2.44. The van der Waals surface area contributed by atoms with E-state index in [-0.39, 0.29) is 31.8 Å². The first-order chi connectivity index (χ1) is 27.0. The predicted molar refractivity (Wildman–Crippen MR) is 208 cm³/mol. The second kappa shape index (κ2) is 15.6. The Kier molecular flexibility index (Phi) is 10.9. The van der Waals surface area contributed by atoms with Crippen LogP contribution in [-0.4, -0.2) is 125 Å². The number of hydrogen-bond acceptors (Lipinski definition) is 12. The smallest absolute Gasteiger partial charge is 0.408 e. The zero-order chi connectivity index (χ0) is 40.7. The number of ether oxygens (including phenoxy) is 3. The molecule has 4 amide bonds. The highest BCUT2D eigenvalue weighted by Crippen LogP contribution is 2.46. The molecule has 4 heterocycles. The van der Waals surface area contributed by atoms with Gasteiger partial charge in [0.25, 0.3) is 5.91 Å². The van der Waals surface area contributed by atoms with E-state index in [2.05, 4.69) is 20.5 Å². The lowest BCUT2D eigenvalue weighted by Gasteiger charge is -2.32. The third-order valence-electron chi connectivity index (χ3n) is 10.6. The summed E-state index contributed by atoms with van der Waals surface area (Å²) < 4.78 is 47.2. The molecule has 0 bridgehead atoms. The molecule has 1 saturated heterocycles. The molecule has 2 saturated carbocycles. The molecule has 306 valence electrons. The summed E-state index contributed by atoms with van der Waals surface area (Å²) in [4.78, 5) is 64.2. The Labute approximate surface area is 331 Å². The minimum Gasteiger partial charge on any atom is -0.497 e. The van der Waals surface area contributed by atoms with Crippen molar-refractivity contribution in [3.8, 4) is 17.4 Å². The molecule has 0 radical (unpaired) electrons. The molecule has 2 aliphatic carbocycles. The number of carbonyl (C=O) groups excluding carboxylic acids is 4. The average molecular weight is 807 g/mol. The van der Waals surface area contributed by atoms with Crippen molar-refractivity contribution in [3.05, 3.63) is 54.9 Å². The first kappa shape index (κ1) is 40.0. The van der Waals surface area contributed by atoms with Crippen LogP contribution in [0.2, 0.25) is 0 Å². The number of alkyl carbamates (subject to hydrolysis) is 1. The van der Waals surface area contributed by atoms with E-state index in [9.17, 15) is 27.6 Å². The summed E-state index contributed by atoms with van der Waals surface area (Å²) in [6, 6.07) is 6.73. The summed E-state index contributed by atoms with van der Waals surface area (Å²) in [5, 5.41) is 10.7. The maximum absolute atomic E-state index is 14.7. The third kappa shape index (κ3) is 9.01. The molecule has 2 aliphatic heterocycles. The summed E-state index contributed by atoms with van der Waals surface area (Å²) in [6.07, 6.45) is 8.00. The van der Waals surface area contributed by atoms with Gasteiger partial charge in [-0.1, -0.05) is 12.2 Å². The number of nitrogens with one attached hydrogen (secondary N) is 3. The summed E-state index contributed by atoms with van der Waals surface area (Å²) in [5.41, 5.74) is -2.38. The average Bonchev–Trinajstić information content (AvgIpc) is 4.01. The van der Waals surface area contributed by atoms with E-state index < -0.39 is 74.3 Å². The van der Waals surface area contributed by atoms with E-state index in [0.717, 1.165) is 5.39 Å². The summed E-state index contributed by atoms with van der Waals surface area (Å²) in [7, 11) is -0.510. The first-order valence-electron chi connectivity index (χ1n) is 19.2. The second-order valence-electron chi connectivity index (χ2n) is 16.3. The highest BCUT2D eigenvalue weighted by Gasteiger charge is 2.62. The highest BCUT2D eigenvalue weighted by molar-refractivity contribution is 7.91. The van der Waals surface area contributed by atoms with Crippen LogP contribution in [0.4, 0.5) is 4.79 Å². The van der Waals surface area contributed by atoms with Crippen molar-refractivity contribution in [3.63, 3.8) is 0 Å². The Morgan fingerprint density at radius 1 is 1.11 bits per heavy atom. The number of allylic oxidation sites excluding steroid dienone is 1. The molecule has 5 atom stereocenters. The van der Waals surface area contributed by atoms with Gasteiger partial charge in [0.15, 0.2) is 5.82 Å². The van der Waals surface area contributed by atoms with Gasteiger partial charge in [-0.05, 0) is 102 Å². The van der Waals surface area contributed by atoms with Gasteiger partial charge < -0.3 is 34.6 Å². The Balaban J connectivity index is 1.24. The van der Waals surface area contributed by atoms with Gasteiger partial charge in [-0.2, -0.15) is 10.1 Å². The van der Waals surface area contributed by atoms with Crippen molar-refractivity contribution in [1.82, 2.24) is 39.9 Å². The van der Waals surface area contributed by atoms with E-state index in [1.807, 2.05) is 42.3 Å². The fourth-order valence-electron chi connectivity index (χ4n) is 7.41. The molecule has 2 aromatic heterocycles. The minimum absolute atomic E-state index is 0.00350. The van der Waals surface area contributed by atoms with E-state index in [0.29, 0.717) is 49.2 Å². The van der Waals surface area contributed by atoms with Crippen molar-refractivity contribution >= 4 is 44.6 Å². The van der Waals surface area contributed by atoms with Crippen LogP contribution in [0.15, 0.2) is 54.9 Å². The largest absolute Gasteiger partial charge is 0.497 e. The number of rotatable bonds is 8. The Bertz CT molecular complexity index is 2170. The zero-order valence-corrected chi connectivity index (χ0v) is 33.6. The van der Waals surface area contributed by atoms with Crippen LogP contribution in [0.1, 0.15) is 59.3 Å². The van der Waals surface area contributed by atoms with E-state index in [4.69, 9.17) is 19.2 Å². The molecule has 1 unspecified atom stereocenters. The number of hydrogen-bond donors (Lipinski definition) is 3. The molecule has 3 fully saturated rings. The number of sulfonamides is 1. The Hall–Kier alpha value is -5.23. The Morgan fingerprint density at radius 3 is 2.60 bits per heavy atom. The maximum Gasteiger partial charge on any atom is 0.408 e. The topological polar surface area (TPSA) is 203 Å². The summed E-state index contributed by atoms with van der Waals surface area (Å²) in [6.45, 7) is 5.77. The number of pyridine rings is 1. The van der Waals surface area contributed by atoms with E-state index >= 15 is 0 Å². The second-order valence-corrected chi connectivity index (χ2v) is 18.2. The standard InChI is InChI=1S/C39H50N8O9S/c1-38(2,3)56-37(51)41-30-23-45(4)16-8-6-7-10-25-21-39(25,36(50)44-57(52,53)28-12-13-28)43-33(48)31-20-27(22-46(31)35(30)49)55-34-29-14-11-26(54-5)18-24(29)19-32(42-34)47-17-9-15-40-47/h7,9-11,14-15,17-19,25,27-28,30-31H,6,8,12-13,16,20-23H2,1-5H3,(H,41,51)(H,43,48)(H,44,50)/t25-,27?,30+,31+,39-/m1/s1. The van der Waals surface area contributed by atoms with Crippen LogP contribution in [0.5, 0.6) is 11.6 Å². The van der Waals surface area contributed by atoms with Gasteiger partial charge in [0.1, 0.15) is 35.1 Å². The minimum atomic E-state index is -3.92. The fraction of sp³-hybridized carbons (Fsp3) is 0.538. The molecule has 7 rings (SSSR count). The molecule has 3 aromatic rings. The van der Waals surface area contributed by atoms with Crippen LogP contribution in [0.25, 0.3) is 16.6 Å². The lowest BCUT2D eigenvalue weighted by molar-refractivity contribution is -0.141. The fourth-order valence-corrected chi connectivity index (χ4v) is 8.77.